The van der Waals surface area contributed by atoms with Gasteiger partial charge in [-0.25, -0.2) is 9.78 Å². The molecule has 2 rings (SSSR count). The van der Waals surface area contributed by atoms with Crippen molar-refractivity contribution in [3.05, 3.63) is 33.8 Å². The van der Waals surface area contributed by atoms with Crippen LogP contribution < -0.4 is 10.4 Å². The van der Waals surface area contributed by atoms with E-state index in [-0.39, 0.29) is 0 Å². The molecule has 2 aromatic rings. The molecule has 0 saturated carbocycles. The number of methoxy groups -OCH3 is 1. The van der Waals surface area contributed by atoms with Gasteiger partial charge >= 0.3 is 5.63 Å². The van der Waals surface area contributed by atoms with Gasteiger partial charge in [-0.1, -0.05) is 11.6 Å². The Hall–Kier alpha value is -1.55. The minimum atomic E-state index is -0.474. The van der Waals surface area contributed by atoms with Crippen molar-refractivity contribution in [2.24, 2.45) is 0 Å². The molecule has 72 valence electrons. The minimum absolute atomic E-state index is 0.324. The molecule has 0 aliphatic heterocycles. The number of halogens is 1. The summed E-state index contributed by atoms with van der Waals surface area (Å²) in [5.41, 5.74) is 0.330. The molecule has 0 saturated heterocycles. The zero-order valence-corrected chi connectivity index (χ0v) is 8.04. The lowest BCUT2D eigenvalue weighted by Crippen LogP contribution is -1.99. The summed E-state index contributed by atoms with van der Waals surface area (Å²) in [7, 11) is 1.46. The number of nitrogens with zero attached hydrogens (tertiary/aromatic N) is 1. The predicted molar refractivity (Wildman–Crippen MR) is 51.8 cm³/mol. The fraction of sp³-hybridized carbons (Fsp3) is 0.111. The predicted octanol–water partition coefficient (Wildman–Crippen LogP) is 1.85. The molecule has 0 atom stereocenters. The lowest BCUT2D eigenvalue weighted by molar-refractivity contribution is 0.412. The van der Waals surface area contributed by atoms with Crippen LogP contribution in [0.1, 0.15) is 0 Å². The van der Waals surface area contributed by atoms with E-state index in [4.69, 9.17) is 20.8 Å². The largest absolute Gasteiger partial charge is 0.494 e. The molecular weight excluding hydrogens is 206 g/mol. The fourth-order valence-corrected chi connectivity index (χ4v) is 1.30. The highest BCUT2D eigenvalue weighted by Gasteiger charge is 2.07. The first-order valence-electron chi connectivity index (χ1n) is 3.85. The van der Waals surface area contributed by atoms with Crippen LogP contribution in [0.4, 0.5) is 0 Å². The summed E-state index contributed by atoms with van der Waals surface area (Å²) in [6, 6.07) is 4.35. The number of rotatable bonds is 1. The molecule has 0 unspecified atom stereocenters. The van der Waals surface area contributed by atoms with Crippen molar-refractivity contribution < 1.29 is 9.15 Å². The van der Waals surface area contributed by atoms with Crippen molar-refractivity contribution in [3.8, 4) is 5.75 Å². The highest BCUT2D eigenvalue weighted by atomic mass is 35.5. The summed E-state index contributed by atoms with van der Waals surface area (Å²) in [6.45, 7) is 0. The van der Waals surface area contributed by atoms with Gasteiger partial charge in [-0.3, -0.25) is 0 Å². The molecule has 0 bridgehead atoms. The SMILES string of the molecule is COc1cc(=O)oc2ccc(Cl)nc12. The average molecular weight is 212 g/mol. The van der Waals surface area contributed by atoms with Gasteiger partial charge in [0.2, 0.25) is 0 Å². The smallest absolute Gasteiger partial charge is 0.340 e. The van der Waals surface area contributed by atoms with E-state index in [1.54, 1.807) is 12.1 Å². The Morgan fingerprint density at radius 3 is 3.00 bits per heavy atom. The van der Waals surface area contributed by atoms with Crippen LogP contribution in [0.5, 0.6) is 5.75 Å². The minimum Gasteiger partial charge on any atom is -0.494 e. The molecule has 14 heavy (non-hydrogen) atoms. The maximum Gasteiger partial charge on any atom is 0.340 e. The molecule has 0 spiro atoms. The van der Waals surface area contributed by atoms with E-state index < -0.39 is 5.63 Å². The van der Waals surface area contributed by atoms with Gasteiger partial charge in [0.15, 0.2) is 11.3 Å². The standard InChI is InChI=1S/C9H6ClNO3/c1-13-6-4-8(12)14-5-2-3-7(10)11-9(5)6/h2-4H,1H3. The summed E-state index contributed by atoms with van der Waals surface area (Å²) in [4.78, 5) is 15.0. The van der Waals surface area contributed by atoms with E-state index >= 15 is 0 Å². The van der Waals surface area contributed by atoms with Crippen LogP contribution in [0, 0.1) is 0 Å². The Labute approximate surface area is 84.1 Å². The molecule has 0 aliphatic carbocycles. The van der Waals surface area contributed by atoms with Crippen molar-refractivity contribution in [2.45, 2.75) is 0 Å². The Morgan fingerprint density at radius 2 is 2.29 bits per heavy atom. The van der Waals surface area contributed by atoms with Crippen molar-refractivity contribution in [3.63, 3.8) is 0 Å². The highest BCUT2D eigenvalue weighted by molar-refractivity contribution is 6.29. The monoisotopic (exact) mass is 211 g/mol. The first-order chi connectivity index (χ1) is 6.70. The Bertz CT molecular complexity index is 535. The van der Waals surface area contributed by atoms with Crippen LogP contribution in [0.3, 0.4) is 0 Å². The second-order valence-corrected chi connectivity index (χ2v) is 3.00. The van der Waals surface area contributed by atoms with E-state index in [1.807, 2.05) is 0 Å². The van der Waals surface area contributed by atoms with Gasteiger partial charge < -0.3 is 9.15 Å². The van der Waals surface area contributed by atoms with Crippen molar-refractivity contribution in [2.75, 3.05) is 7.11 Å². The summed E-state index contributed by atoms with van der Waals surface area (Å²) in [6.07, 6.45) is 0. The van der Waals surface area contributed by atoms with Crippen LogP contribution in [0.15, 0.2) is 27.4 Å². The lowest BCUT2D eigenvalue weighted by Gasteiger charge is -2.02. The lowest BCUT2D eigenvalue weighted by atomic mass is 10.3. The number of hydrogen-bond donors (Lipinski definition) is 0. The third kappa shape index (κ3) is 1.44. The summed E-state index contributed by atoms with van der Waals surface area (Å²) >= 11 is 5.70. The van der Waals surface area contributed by atoms with Crippen molar-refractivity contribution in [1.29, 1.82) is 0 Å². The van der Waals surface area contributed by atoms with Gasteiger partial charge in [0.05, 0.1) is 13.2 Å². The maximum atomic E-state index is 11.0. The van der Waals surface area contributed by atoms with Gasteiger partial charge in [-0.2, -0.15) is 0 Å². The van der Waals surface area contributed by atoms with Crippen LogP contribution in [-0.2, 0) is 0 Å². The van der Waals surface area contributed by atoms with E-state index in [0.717, 1.165) is 0 Å². The third-order valence-corrected chi connectivity index (χ3v) is 1.95. The number of ether oxygens (including phenoxy) is 1. The van der Waals surface area contributed by atoms with Crippen LogP contribution in [0.25, 0.3) is 11.1 Å². The van der Waals surface area contributed by atoms with Gasteiger partial charge in [0, 0.05) is 0 Å². The average Bonchev–Trinajstić information content (AvgIpc) is 2.17. The van der Waals surface area contributed by atoms with E-state index in [2.05, 4.69) is 4.98 Å². The summed E-state index contributed by atoms with van der Waals surface area (Å²) in [5, 5.41) is 0.324. The zero-order valence-electron chi connectivity index (χ0n) is 7.28. The van der Waals surface area contributed by atoms with Gasteiger partial charge in [0.25, 0.3) is 0 Å². The second-order valence-electron chi connectivity index (χ2n) is 2.61. The van der Waals surface area contributed by atoms with E-state index in [1.165, 1.54) is 13.2 Å². The van der Waals surface area contributed by atoms with Crippen LogP contribution >= 0.6 is 11.6 Å². The molecule has 2 heterocycles. The molecule has 4 nitrogen and oxygen atoms in total. The van der Waals surface area contributed by atoms with Crippen LogP contribution in [-0.4, -0.2) is 12.1 Å². The number of pyridine rings is 1. The van der Waals surface area contributed by atoms with Gasteiger partial charge in [-0.05, 0) is 12.1 Å². The van der Waals surface area contributed by atoms with Crippen LogP contribution in [0.2, 0.25) is 5.15 Å². The molecule has 2 aromatic heterocycles. The van der Waals surface area contributed by atoms with Gasteiger partial charge in [0.1, 0.15) is 10.7 Å². The Morgan fingerprint density at radius 1 is 1.50 bits per heavy atom. The van der Waals surface area contributed by atoms with E-state index in [0.29, 0.717) is 22.0 Å². The quantitative estimate of drug-likeness (QED) is 0.676. The number of fused-ring (bicyclic) bond motifs is 1. The molecule has 0 aromatic carbocycles. The Balaban J connectivity index is 2.88. The first kappa shape index (κ1) is 9.02. The number of aromatic nitrogens is 1. The normalized spacial score (nSPS) is 10.4. The summed E-state index contributed by atoms with van der Waals surface area (Å²) < 4.78 is 9.88. The van der Waals surface area contributed by atoms with Crippen molar-refractivity contribution in [1.82, 2.24) is 4.98 Å². The molecule has 0 N–H and O–H groups in total. The molecule has 5 heteroatoms. The molecule has 0 aliphatic rings. The number of hydrogen-bond acceptors (Lipinski definition) is 4. The molecule has 0 fully saturated rings. The summed E-state index contributed by atoms with van der Waals surface area (Å²) in [5.74, 6) is 0.360. The van der Waals surface area contributed by atoms with Crippen molar-refractivity contribution >= 4 is 22.7 Å². The zero-order chi connectivity index (χ0) is 10.1. The topological polar surface area (TPSA) is 52.3 Å². The van der Waals surface area contributed by atoms with E-state index in [9.17, 15) is 4.79 Å². The highest BCUT2D eigenvalue weighted by Crippen LogP contribution is 2.22. The maximum absolute atomic E-state index is 11.0. The molecule has 0 radical (unpaired) electrons. The Kier molecular flexibility index (Phi) is 2.13. The van der Waals surface area contributed by atoms with Gasteiger partial charge in [-0.15, -0.1) is 0 Å². The second kappa shape index (κ2) is 3.31. The molecular formula is C9H6ClNO3. The molecule has 0 amide bonds. The first-order valence-corrected chi connectivity index (χ1v) is 4.23. The third-order valence-electron chi connectivity index (χ3n) is 1.74. The fourth-order valence-electron chi connectivity index (χ4n) is 1.15.